The maximum atomic E-state index is 4.46. The normalized spacial score (nSPS) is 17.2. The molecule has 13 heavy (non-hydrogen) atoms. The number of aliphatic imine (C=N–C) groups is 1. The molecule has 0 saturated heterocycles. The first-order valence-electron chi connectivity index (χ1n) is 5.21. The molecular formula is C11H20N2. The average molecular weight is 180 g/mol. The lowest BCUT2D eigenvalue weighted by Crippen LogP contribution is -2.25. The van der Waals surface area contributed by atoms with E-state index in [0.717, 1.165) is 26.1 Å². The van der Waals surface area contributed by atoms with E-state index in [1.54, 1.807) is 0 Å². The molecule has 0 fully saturated rings. The highest BCUT2D eigenvalue weighted by Gasteiger charge is 2.08. The van der Waals surface area contributed by atoms with E-state index in [1.165, 1.54) is 17.7 Å². The van der Waals surface area contributed by atoms with Gasteiger partial charge in [0.25, 0.3) is 0 Å². The molecule has 2 nitrogen and oxygen atoms in total. The van der Waals surface area contributed by atoms with Crippen LogP contribution in [0.2, 0.25) is 0 Å². The molecule has 0 aromatic heterocycles. The van der Waals surface area contributed by atoms with Gasteiger partial charge in [0.1, 0.15) is 0 Å². The summed E-state index contributed by atoms with van der Waals surface area (Å²) in [4.78, 5) is 6.86. The maximum absolute atomic E-state index is 4.46. The van der Waals surface area contributed by atoms with E-state index in [1.807, 2.05) is 6.21 Å². The van der Waals surface area contributed by atoms with Gasteiger partial charge >= 0.3 is 0 Å². The number of hydrogen-bond donors (Lipinski definition) is 0. The van der Waals surface area contributed by atoms with Crippen molar-refractivity contribution in [1.29, 1.82) is 0 Å². The fourth-order valence-corrected chi connectivity index (χ4v) is 1.55. The van der Waals surface area contributed by atoms with E-state index in [0.29, 0.717) is 0 Å². The number of hydrogen-bond acceptors (Lipinski definition) is 2. The van der Waals surface area contributed by atoms with Crippen molar-refractivity contribution < 1.29 is 0 Å². The van der Waals surface area contributed by atoms with Crippen LogP contribution in [0.3, 0.4) is 0 Å². The summed E-state index contributed by atoms with van der Waals surface area (Å²) in [7, 11) is 0. The fourth-order valence-electron chi connectivity index (χ4n) is 1.55. The quantitative estimate of drug-likeness (QED) is 0.649. The van der Waals surface area contributed by atoms with Gasteiger partial charge in [-0.2, -0.15) is 0 Å². The summed E-state index contributed by atoms with van der Waals surface area (Å²) in [5.41, 5.74) is 2.75. The minimum absolute atomic E-state index is 1.02. The Kier molecular flexibility index (Phi) is 4.16. The highest BCUT2D eigenvalue weighted by atomic mass is 15.1. The predicted molar refractivity (Wildman–Crippen MR) is 58.2 cm³/mol. The fraction of sp³-hybridized carbons (Fsp3) is 0.727. The Hall–Kier alpha value is -0.630. The second-order valence-electron chi connectivity index (χ2n) is 3.54. The zero-order valence-electron chi connectivity index (χ0n) is 9.01. The van der Waals surface area contributed by atoms with Crippen LogP contribution in [0.25, 0.3) is 0 Å². The lowest BCUT2D eigenvalue weighted by Gasteiger charge is -2.20. The van der Waals surface area contributed by atoms with Gasteiger partial charge < -0.3 is 0 Å². The molecule has 74 valence electrons. The zero-order chi connectivity index (χ0) is 9.68. The Labute approximate surface area is 81.3 Å². The third kappa shape index (κ3) is 2.96. The number of allylic oxidation sites excluding steroid dienone is 1. The Morgan fingerprint density at radius 1 is 1.38 bits per heavy atom. The summed E-state index contributed by atoms with van der Waals surface area (Å²) in [5.74, 6) is 0. The average Bonchev–Trinajstić information content (AvgIpc) is 2.17. The molecule has 0 aliphatic carbocycles. The van der Waals surface area contributed by atoms with Crippen molar-refractivity contribution in [2.24, 2.45) is 4.99 Å². The molecule has 1 rings (SSSR count). The molecule has 0 aromatic carbocycles. The van der Waals surface area contributed by atoms with E-state index in [4.69, 9.17) is 0 Å². The van der Waals surface area contributed by atoms with E-state index >= 15 is 0 Å². The SMILES string of the molecule is CCN(CC)CC1=C(C)CCC=N1. The third-order valence-electron chi connectivity index (χ3n) is 2.66. The molecule has 2 heteroatoms. The van der Waals surface area contributed by atoms with Crippen LogP contribution < -0.4 is 0 Å². The van der Waals surface area contributed by atoms with Crippen LogP contribution in [-0.4, -0.2) is 30.7 Å². The monoisotopic (exact) mass is 180 g/mol. The molecule has 0 saturated carbocycles. The molecule has 1 aliphatic rings. The Morgan fingerprint density at radius 3 is 2.62 bits per heavy atom. The van der Waals surface area contributed by atoms with Crippen molar-refractivity contribution in [3.05, 3.63) is 11.3 Å². The van der Waals surface area contributed by atoms with E-state index in [9.17, 15) is 0 Å². The van der Waals surface area contributed by atoms with Gasteiger partial charge in [-0.15, -0.1) is 0 Å². The van der Waals surface area contributed by atoms with E-state index in [2.05, 4.69) is 30.7 Å². The topological polar surface area (TPSA) is 15.6 Å². The smallest absolute Gasteiger partial charge is 0.0529 e. The second-order valence-corrected chi connectivity index (χ2v) is 3.54. The first-order chi connectivity index (χ1) is 6.27. The number of nitrogens with zero attached hydrogens (tertiary/aromatic N) is 2. The molecule has 0 radical (unpaired) electrons. The number of rotatable bonds is 4. The van der Waals surface area contributed by atoms with Gasteiger partial charge in [-0.05, 0) is 32.9 Å². The van der Waals surface area contributed by atoms with Crippen LogP contribution in [0.4, 0.5) is 0 Å². The third-order valence-corrected chi connectivity index (χ3v) is 2.66. The number of likely N-dealkylation sites (N-methyl/N-ethyl adjacent to an activating group) is 1. The van der Waals surface area contributed by atoms with Gasteiger partial charge in [-0.3, -0.25) is 9.89 Å². The lowest BCUT2D eigenvalue weighted by molar-refractivity contribution is 0.327. The van der Waals surface area contributed by atoms with Crippen LogP contribution in [-0.2, 0) is 0 Å². The van der Waals surface area contributed by atoms with Gasteiger partial charge in [0.05, 0.1) is 5.70 Å². The summed E-state index contributed by atoms with van der Waals surface area (Å²) in [6.45, 7) is 9.86. The molecule has 1 heterocycles. The van der Waals surface area contributed by atoms with Gasteiger partial charge in [0.2, 0.25) is 0 Å². The Bertz CT molecular complexity index is 212. The van der Waals surface area contributed by atoms with Crippen molar-refractivity contribution in [1.82, 2.24) is 4.90 Å². The summed E-state index contributed by atoms with van der Waals surface area (Å²) in [5, 5.41) is 0. The molecule has 0 N–H and O–H groups in total. The highest BCUT2D eigenvalue weighted by Crippen LogP contribution is 2.16. The molecule has 0 bridgehead atoms. The van der Waals surface area contributed by atoms with Crippen molar-refractivity contribution in [3.63, 3.8) is 0 Å². The van der Waals surface area contributed by atoms with E-state index < -0.39 is 0 Å². The van der Waals surface area contributed by atoms with Crippen molar-refractivity contribution in [2.45, 2.75) is 33.6 Å². The van der Waals surface area contributed by atoms with Crippen LogP contribution in [0.15, 0.2) is 16.3 Å². The molecule has 0 aromatic rings. The van der Waals surface area contributed by atoms with Gasteiger partial charge in [-0.25, -0.2) is 0 Å². The van der Waals surface area contributed by atoms with Crippen LogP contribution >= 0.6 is 0 Å². The van der Waals surface area contributed by atoms with Crippen LogP contribution in [0.5, 0.6) is 0 Å². The highest BCUT2D eigenvalue weighted by molar-refractivity contribution is 5.61. The van der Waals surface area contributed by atoms with Crippen molar-refractivity contribution in [3.8, 4) is 0 Å². The standard InChI is InChI=1S/C11H20N2/c1-4-13(5-2)9-11-10(3)7-6-8-12-11/h8H,4-7,9H2,1-3H3. The summed E-state index contributed by atoms with van der Waals surface area (Å²) >= 11 is 0. The lowest BCUT2D eigenvalue weighted by atomic mass is 10.1. The van der Waals surface area contributed by atoms with Gasteiger partial charge in [0.15, 0.2) is 0 Å². The maximum Gasteiger partial charge on any atom is 0.0529 e. The zero-order valence-corrected chi connectivity index (χ0v) is 9.01. The molecule has 0 amide bonds. The predicted octanol–water partition coefficient (Wildman–Crippen LogP) is 2.47. The minimum Gasteiger partial charge on any atom is -0.298 e. The molecular weight excluding hydrogens is 160 g/mol. The summed E-state index contributed by atoms with van der Waals surface area (Å²) in [6, 6.07) is 0. The Morgan fingerprint density at radius 2 is 2.08 bits per heavy atom. The molecule has 0 unspecified atom stereocenters. The first kappa shape index (κ1) is 10.5. The van der Waals surface area contributed by atoms with Crippen LogP contribution in [0, 0.1) is 0 Å². The summed E-state index contributed by atoms with van der Waals surface area (Å²) < 4.78 is 0. The molecule has 0 atom stereocenters. The minimum atomic E-state index is 1.02. The largest absolute Gasteiger partial charge is 0.298 e. The molecule has 1 aliphatic heterocycles. The van der Waals surface area contributed by atoms with Crippen molar-refractivity contribution in [2.75, 3.05) is 19.6 Å². The van der Waals surface area contributed by atoms with Gasteiger partial charge in [-0.1, -0.05) is 19.4 Å². The second kappa shape index (κ2) is 5.18. The van der Waals surface area contributed by atoms with Crippen LogP contribution in [0.1, 0.15) is 33.6 Å². The summed E-state index contributed by atoms with van der Waals surface area (Å²) in [6.07, 6.45) is 4.36. The van der Waals surface area contributed by atoms with Gasteiger partial charge in [0, 0.05) is 12.8 Å². The van der Waals surface area contributed by atoms with Crippen molar-refractivity contribution >= 4 is 6.21 Å². The first-order valence-corrected chi connectivity index (χ1v) is 5.21. The van der Waals surface area contributed by atoms with E-state index in [-0.39, 0.29) is 0 Å². The Balaban J connectivity index is 2.56. The molecule has 0 spiro atoms.